The lowest BCUT2D eigenvalue weighted by molar-refractivity contribution is -0.116. The second kappa shape index (κ2) is 7.09. The molecule has 21 heavy (non-hydrogen) atoms. The molecule has 4 heteroatoms. The molecule has 1 unspecified atom stereocenters. The summed E-state index contributed by atoms with van der Waals surface area (Å²) in [5.74, 6) is -0.0102. The molecule has 0 saturated carbocycles. The third-order valence-electron chi connectivity index (χ3n) is 3.68. The highest BCUT2D eigenvalue weighted by Gasteiger charge is 2.10. The van der Waals surface area contributed by atoms with Gasteiger partial charge in [-0.05, 0) is 43.7 Å². The summed E-state index contributed by atoms with van der Waals surface area (Å²) in [5.41, 5.74) is 3.15. The number of nitrogens with one attached hydrogen (secondary N) is 2. The zero-order chi connectivity index (χ0) is 15.2. The molecule has 112 valence electrons. The quantitative estimate of drug-likeness (QED) is 0.856. The van der Waals surface area contributed by atoms with Gasteiger partial charge in [-0.25, -0.2) is 0 Å². The van der Waals surface area contributed by atoms with Crippen molar-refractivity contribution >= 4 is 11.6 Å². The number of anilines is 1. The zero-order valence-electron chi connectivity index (χ0n) is 12.9. The topological polar surface area (TPSA) is 46.1 Å². The molecule has 0 bridgehead atoms. The lowest BCUT2D eigenvalue weighted by atomic mass is 10.1. The van der Waals surface area contributed by atoms with Crippen LogP contribution in [0.4, 0.5) is 5.69 Å². The third kappa shape index (κ3) is 3.95. The van der Waals surface area contributed by atoms with Gasteiger partial charge in [0.25, 0.3) is 0 Å². The maximum atomic E-state index is 12.1. The fourth-order valence-electron chi connectivity index (χ4n) is 2.44. The predicted octanol–water partition coefficient (Wildman–Crippen LogP) is 3.11. The van der Waals surface area contributed by atoms with E-state index in [1.807, 2.05) is 55.2 Å². The van der Waals surface area contributed by atoms with Gasteiger partial charge in [0.15, 0.2) is 0 Å². The highest BCUT2D eigenvalue weighted by molar-refractivity contribution is 5.91. The number of rotatable bonds is 6. The maximum absolute atomic E-state index is 12.1. The first-order valence-corrected chi connectivity index (χ1v) is 7.32. The maximum Gasteiger partial charge on any atom is 0.244 e. The van der Waals surface area contributed by atoms with Gasteiger partial charge in [-0.1, -0.05) is 25.1 Å². The summed E-state index contributed by atoms with van der Waals surface area (Å²) < 4.78 is 1.92. The normalized spacial score (nSPS) is 12.1. The molecular formula is C17H23N3O. The summed E-state index contributed by atoms with van der Waals surface area (Å²) in [4.78, 5) is 12.1. The second-order valence-electron chi connectivity index (χ2n) is 5.23. The van der Waals surface area contributed by atoms with Gasteiger partial charge < -0.3 is 15.2 Å². The first-order valence-electron chi connectivity index (χ1n) is 7.32. The Labute approximate surface area is 126 Å². The molecule has 2 rings (SSSR count). The second-order valence-corrected chi connectivity index (χ2v) is 5.23. The van der Waals surface area contributed by atoms with Crippen LogP contribution < -0.4 is 10.6 Å². The molecule has 0 aliphatic carbocycles. The Morgan fingerprint density at radius 1 is 1.29 bits per heavy atom. The first kappa shape index (κ1) is 15.3. The van der Waals surface area contributed by atoms with Crippen LogP contribution in [0.5, 0.6) is 0 Å². The molecule has 1 aromatic carbocycles. The van der Waals surface area contributed by atoms with Crippen molar-refractivity contribution in [1.82, 2.24) is 9.88 Å². The van der Waals surface area contributed by atoms with Gasteiger partial charge in [-0.2, -0.15) is 0 Å². The fraction of sp³-hybridized carbons (Fsp3) is 0.353. The SMILES string of the molecule is CCC(NC)c1ccn(CC(=O)Nc2ccccc2C)c1. The number of carbonyl (C=O) groups excluding carboxylic acids is 1. The molecule has 0 aliphatic heterocycles. The van der Waals surface area contributed by atoms with Crippen molar-refractivity contribution in [3.63, 3.8) is 0 Å². The van der Waals surface area contributed by atoms with Gasteiger partial charge in [-0.3, -0.25) is 4.79 Å². The lowest BCUT2D eigenvalue weighted by Gasteiger charge is -2.11. The number of aryl methyl sites for hydroxylation is 1. The van der Waals surface area contributed by atoms with E-state index in [-0.39, 0.29) is 5.91 Å². The van der Waals surface area contributed by atoms with Crippen LogP contribution in [0, 0.1) is 6.92 Å². The van der Waals surface area contributed by atoms with Gasteiger partial charge in [-0.15, -0.1) is 0 Å². The molecule has 0 fully saturated rings. The van der Waals surface area contributed by atoms with Crippen LogP contribution in [0.2, 0.25) is 0 Å². The van der Waals surface area contributed by atoms with E-state index < -0.39 is 0 Å². The number of para-hydroxylation sites is 1. The van der Waals surface area contributed by atoms with Crippen LogP contribution in [0.25, 0.3) is 0 Å². The Hall–Kier alpha value is -2.07. The number of hydrogen-bond acceptors (Lipinski definition) is 2. The van der Waals surface area contributed by atoms with E-state index in [1.54, 1.807) is 0 Å². The summed E-state index contributed by atoms with van der Waals surface area (Å²) in [7, 11) is 1.95. The van der Waals surface area contributed by atoms with E-state index in [0.717, 1.165) is 17.7 Å². The molecule has 4 nitrogen and oxygen atoms in total. The van der Waals surface area contributed by atoms with Crippen LogP contribution in [0.3, 0.4) is 0 Å². The molecule has 0 radical (unpaired) electrons. The Balaban J connectivity index is 1.99. The largest absolute Gasteiger partial charge is 0.345 e. The molecule has 1 amide bonds. The monoisotopic (exact) mass is 285 g/mol. The number of hydrogen-bond donors (Lipinski definition) is 2. The minimum absolute atomic E-state index is 0.0102. The van der Waals surface area contributed by atoms with E-state index in [9.17, 15) is 4.79 Å². The van der Waals surface area contributed by atoms with Crippen LogP contribution in [0.1, 0.15) is 30.5 Å². The van der Waals surface area contributed by atoms with E-state index in [2.05, 4.69) is 23.6 Å². The molecule has 2 aromatic rings. The number of amides is 1. The van der Waals surface area contributed by atoms with Crippen LogP contribution in [-0.2, 0) is 11.3 Å². The Kier molecular flexibility index (Phi) is 5.17. The van der Waals surface area contributed by atoms with Crippen molar-refractivity contribution in [2.45, 2.75) is 32.9 Å². The Bertz CT molecular complexity index is 600. The predicted molar refractivity (Wildman–Crippen MR) is 86.3 cm³/mol. The minimum atomic E-state index is -0.0102. The van der Waals surface area contributed by atoms with Crippen molar-refractivity contribution in [2.75, 3.05) is 12.4 Å². The van der Waals surface area contributed by atoms with Gasteiger partial charge in [0.05, 0.1) is 0 Å². The van der Waals surface area contributed by atoms with Crippen molar-refractivity contribution < 1.29 is 4.79 Å². The minimum Gasteiger partial charge on any atom is -0.345 e. The smallest absolute Gasteiger partial charge is 0.244 e. The molecule has 0 saturated heterocycles. The highest BCUT2D eigenvalue weighted by atomic mass is 16.1. The summed E-state index contributed by atoms with van der Waals surface area (Å²) in [5, 5.41) is 6.22. The standard InChI is InChI=1S/C17H23N3O/c1-4-15(18-3)14-9-10-20(11-14)12-17(21)19-16-8-6-5-7-13(16)2/h5-11,15,18H,4,12H2,1-3H3,(H,19,21). The summed E-state index contributed by atoms with van der Waals surface area (Å²) in [6.07, 6.45) is 5.00. The van der Waals surface area contributed by atoms with E-state index in [4.69, 9.17) is 0 Å². The molecule has 0 spiro atoms. The molecule has 0 aliphatic rings. The Morgan fingerprint density at radius 2 is 2.05 bits per heavy atom. The average molecular weight is 285 g/mol. The van der Waals surface area contributed by atoms with Crippen LogP contribution in [-0.4, -0.2) is 17.5 Å². The number of benzene rings is 1. The third-order valence-corrected chi connectivity index (χ3v) is 3.68. The number of carbonyl (C=O) groups is 1. The fourth-order valence-corrected chi connectivity index (χ4v) is 2.44. The first-order chi connectivity index (χ1) is 10.1. The van der Waals surface area contributed by atoms with Gasteiger partial charge in [0.1, 0.15) is 6.54 Å². The van der Waals surface area contributed by atoms with E-state index in [1.165, 1.54) is 5.56 Å². The van der Waals surface area contributed by atoms with Crippen molar-refractivity contribution in [3.8, 4) is 0 Å². The average Bonchev–Trinajstić information content (AvgIpc) is 2.91. The number of aromatic nitrogens is 1. The van der Waals surface area contributed by atoms with Gasteiger partial charge >= 0.3 is 0 Å². The summed E-state index contributed by atoms with van der Waals surface area (Å²) in [6.45, 7) is 4.46. The van der Waals surface area contributed by atoms with Crippen molar-refractivity contribution in [1.29, 1.82) is 0 Å². The summed E-state index contributed by atoms with van der Waals surface area (Å²) >= 11 is 0. The lowest BCUT2D eigenvalue weighted by Crippen LogP contribution is -2.18. The Morgan fingerprint density at radius 3 is 2.71 bits per heavy atom. The van der Waals surface area contributed by atoms with E-state index >= 15 is 0 Å². The zero-order valence-corrected chi connectivity index (χ0v) is 12.9. The number of nitrogens with zero attached hydrogens (tertiary/aromatic N) is 1. The molecule has 1 heterocycles. The van der Waals surface area contributed by atoms with Gasteiger partial charge in [0.2, 0.25) is 5.91 Å². The molecule has 1 aromatic heterocycles. The van der Waals surface area contributed by atoms with Crippen LogP contribution >= 0.6 is 0 Å². The molecular weight excluding hydrogens is 262 g/mol. The van der Waals surface area contributed by atoms with Crippen LogP contribution in [0.15, 0.2) is 42.7 Å². The summed E-state index contributed by atoms with van der Waals surface area (Å²) in [6, 6.07) is 10.2. The van der Waals surface area contributed by atoms with Crippen molar-refractivity contribution in [2.24, 2.45) is 0 Å². The van der Waals surface area contributed by atoms with Gasteiger partial charge in [0, 0.05) is 24.1 Å². The highest BCUT2D eigenvalue weighted by Crippen LogP contribution is 2.17. The molecule has 1 atom stereocenters. The molecule has 2 N–H and O–H groups in total. The van der Waals surface area contributed by atoms with Crippen molar-refractivity contribution in [3.05, 3.63) is 53.9 Å². The van der Waals surface area contributed by atoms with E-state index in [0.29, 0.717) is 12.6 Å².